The molecule has 9 heteroatoms. The molecule has 0 radical (unpaired) electrons. The van der Waals surface area contributed by atoms with Crippen molar-refractivity contribution in [1.29, 1.82) is 0 Å². The van der Waals surface area contributed by atoms with Crippen LogP contribution in [0.5, 0.6) is 0 Å². The van der Waals surface area contributed by atoms with Crippen LogP contribution in [0.4, 0.5) is 13.2 Å². The maximum atomic E-state index is 13.3. The molecule has 0 atom stereocenters. The van der Waals surface area contributed by atoms with Crippen LogP contribution >= 0.6 is 0 Å². The first kappa shape index (κ1) is 20.3. The minimum absolute atomic E-state index is 0.0213. The fraction of sp³-hybridized carbons (Fsp3) is 0.316. The summed E-state index contributed by atoms with van der Waals surface area (Å²) in [4.78, 5) is 3.34. The Morgan fingerprint density at radius 3 is 2.36 bits per heavy atom. The molecule has 28 heavy (non-hydrogen) atoms. The molecule has 3 aromatic rings. The van der Waals surface area contributed by atoms with Gasteiger partial charge in [0.15, 0.2) is 0 Å². The van der Waals surface area contributed by atoms with Crippen molar-refractivity contribution in [2.45, 2.75) is 43.9 Å². The minimum atomic E-state index is -4.66. The van der Waals surface area contributed by atoms with Crippen LogP contribution in [0.2, 0.25) is 0 Å². The van der Waals surface area contributed by atoms with Gasteiger partial charge in [-0.3, -0.25) is 0 Å². The Labute approximate surface area is 160 Å². The Morgan fingerprint density at radius 2 is 1.79 bits per heavy atom. The molecule has 0 amide bonds. The number of nitrogens with zero attached hydrogens (tertiary/aromatic N) is 2. The lowest BCUT2D eigenvalue weighted by Gasteiger charge is -2.20. The third-order valence-electron chi connectivity index (χ3n) is 4.41. The van der Waals surface area contributed by atoms with E-state index in [1.165, 1.54) is 18.2 Å². The molecule has 0 spiro atoms. The first-order valence-electron chi connectivity index (χ1n) is 8.40. The third-order valence-corrected chi connectivity index (χ3v) is 6.17. The van der Waals surface area contributed by atoms with Crippen LogP contribution < -0.4 is 0 Å². The molecule has 0 saturated heterocycles. The van der Waals surface area contributed by atoms with E-state index >= 15 is 0 Å². The summed E-state index contributed by atoms with van der Waals surface area (Å²) < 4.78 is 66.1. The number of pyridine rings is 1. The zero-order valence-electron chi connectivity index (χ0n) is 15.4. The van der Waals surface area contributed by atoms with Crippen molar-refractivity contribution >= 4 is 20.9 Å². The van der Waals surface area contributed by atoms with E-state index in [4.69, 9.17) is 0 Å². The molecule has 2 heterocycles. The molecular weight excluding hydrogens is 393 g/mol. The van der Waals surface area contributed by atoms with Gasteiger partial charge in [-0.05, 0) is 35.2 Å². The van der Waals surface area contributed by atoms with Gasteiger partial charge >= 0.3 is 6.18 Å². The van der Waals surface area contributed by atoms with Gasteiger partial charge in [-0.15, -0.1) is 0 Å². The van der Waals surface area contributed by atoms with Crippen LogP contribution in [-0.4, -0.2) is 22.5 Å². The summed E-state index contributed by atoms with van der Waals surface area (Å²) in [5.41, 5.74) is -0.717. The number of alkyl halides is 3. The Hall–Kier alpha value is -2.39. The standard InChI is InChI=1S/C19H19F3N2O3S/c1-18(2,3)13-5-4-6-15(9-13)28(26,27)24-14(11-25)7-12-8-17(19(20,21)22)23-10-16(12)24/h4-10,25H,11H2,1-3H3. The summed E-state index contributed by atoms with van der Waals surface area (Å²) in [7, 11) is -4.16. The first-order valence-corrected chi connectivity index (χ1v) is 9.84. The lowest BCUT2D eigenvalue weighted by Crippen LogP contribution is -2.18. The van der Waals surface area contributed by atoms with Gasteiger partial charge in [-0.2, -0.15) is 13.2 Å². The molecule has 0 saturated carbocycles. The third kappa shape index (κ3) is 3.51. The fourth-order valence-corrected chi connectivity index (χ4v) is 4.49. The van der Waals surface area contributed by atoms with Crippen LogP contribution in [0.25, 0.3) is 10.9 Å². The molecule has 0 unspecified atom stereocenters. The molecule has 5 nitrogen and oxygen atoms in total. The molecule has 0 aliphatic heterocycles. The van der Waals surface area contributed by atoms with Crippen molar-refractivity contribution in [2.75, 3.05) is 0 Å². The Bertz CT molecular complexity index is 1140. The number of hydrogen-bond donors (Lipinski definition) is 1. The van der Waals surface area contributed by atoms with Crippen LogP contribution in [0.15, 0.2) is 47.5 Å². The van der Waals surface area contributed by atoms with E-state index in [0.717, 1.165) is 21.8 Å². The van der Waals surface area contributed by atoms with Gasteiger partial charge in [0.2, 0.25) is 0 Å². The number of aromatic nitrogens is 2. The maximum absolute atomic E-state index is 13.3. The van der Waals surface area contributed by atoms with Crippen molar-refractivity contribution < 1.29 is 26.7 Å². The van der Waals surface area contributed by atoms with Crippen molar-refractivity contribution in [3.63, 3.8) is 0 Å². The lowest BCUT2D eigenvalue weighted by molar-refractivity contribution is -0.141. The van der Waals surface area contributed by atoms with Gasteiger partial charge in [-0.1, -0.05) is 32.9 Å². The van der Waals surface area contributed by atoms with E-state index < -0.39 is 28.5 Å². The zero-order chi connectivity index (χ0) is 20.9. The van der Waals surface area contributed by atoms with Crippen LogP contribution in [0.1, 0.15) is 37.7 Å². The van der Waals surface area contributed by atoms with Crippen LogP contribution in [0, 0.1) is 0 Å². The van der Waals surface area contributed by atoms with Crippen LogP contribution in [-0.2, 0) is 28.2 Å². The second-order valence-corrected chi connectivity index (χ2v) is 9.25. The maximum Gasteiger partial charge on any atom is 0.433 e. The zero-order valence-corrected chi connectivity index (χ0v) is 16.3. The summed E-state index contributed by atoms with van der Waals surface area (Å²) in [5.74, 6) is 0. The second kappa shape index (κ2) is 6.59. The van der Waals surface area contributed by atoms with E-state index in [-0.39, 0.29) is 26.9 Å². The Kier molecular flexibility index (Phi) is 4.79. The fourth-order valence-electron chi connectivity index (χ4n) is 2.92. The molecule has 150 valence electrons. The number of hydrogen-bond acceptors (Lipinski definition) is 4. The highest BCUT2D eigenvalue weighted by Gasteiger charge is 2.33. The molecular formula is C19H19F3N2O3S. The number of benzene rings is 1. The molecule has 1 aromatic carbocycles. The molecule has 1 N–H and O–H groups in total. The quantitative estimate of drug-likeness (QED) is 0.704. The molecule has 0 bridgehead atoms. The summed E-state index contributed by atoms with van der Waals surface area (Å²) in [6.45, 7) is 5.15. The van der Waals surface area contributed by atoms with Gasteiger partial charge in [0.25, 0.3) is 10.0 Å². The number of aliphatic hydroxyl groups excluding tert-OH is 1. The highest BCUT2D eigenvalue weighted by molar-refractivity contribution is 7.90. The summed E-state index contributed by atoms with van der Waals surface area (Å²) in [5, 5.41) is 9.64. The van der Waals surface area contributed by atoms with E-state index in [9.17, 15) is 26.7 Å². The van der Waals surface area contributed by atoms with Gasteiger partial charge in [0.05, 0.1) is 28.9 Å². The molecule has 3 rings (SSSR count). The van der Waals surface area contributed by atoms with E-state index in [1.54, 1.807) is 12.1 Å². The average Bonchev–Trinajstić information content (AvgIpc) is 2.99. The summed E-state index contributed by atoms with van der Waals surface area (Å²) >= 11 is 0. The lowest BCUT2D eigenvalue weighted by atomic mass is 9.87. The predicted molar refractivity (Wildman–Crippen MR) is 98.4 cm³/mol. The van der Waals surface area contributed by atoms with Gasteiger partial charge < -0.3 is 5.11 Å². The molecule has 0 fully saturated rings. The average molecular weight is 412 g/mol. The summed E-state index contributed by atoms with van der Waals surface area (Å²) in [6, 6.07) is 8.34. The highest BCUT2D eigenvalue weighted by Crippen LogP contribution is 2.33. The normalized spacial score (nSPS) is 13.2. The largest absolute Gasteiger partial charge is 0.433 e. The van der Waals surface area contributed by atoms with E-state index in [0.29, 0.717) is 0 Å². The van der Waals surface area contributed by atoms with E-state index in [1.807, 2.05) is 20.8 Å². The Balaban J connectivity index is 2.25. The number of fused-ring (bicyclic) bond motifs is 1. The molecule has 0 aliphatic carbocycles. The highest BCUT2D eigenvalue weighted by atomic mass is 32.2. The summed E-state index contributed by atoms with van der Waals surface area (Å²) in [6.07, 6.45) is -3.79. The predicted octanol–water partition coefficient (Wildman–Crippen LogP) is 4.08. The van der Waals surface area contributed by atoms with Crippen molar-refractivity contribution in [1.82, 2.24) is 8.96 Å². The molecule has 0 aliphatic rings. The number of rotatable bonds is 3. The Morgan fingerprint density at radius 1 is 1.11 bits per heavy atom. The van der Waals surface area contributed by atoms with Crippen LogP contribution in [0.3, 0.4) is 0 Å². The smallest absolute Gasteiger partial charge is 0.390 e. The van der Waals surface area contributed by atoms with E-state index in [2.05, 4.69) is 4.98 Å². The SMILES string of the molecule is CC(C)(C)c1cccc(S(=O)(=O)n2c(CO)cc3cc(C(F)(F)F)ncc32)c1. The monoisotopic (exact) mass is 412 g/mol. The van der Waals surface area contributed by atoms with Gasteiger partial charge in [0, 0.05) is 5.39 Å². The minimum Gasteiger partial charge on any atom is -0.390 e. The topological polar surface area (TPSA) is 72.2 Å². The van der Waals surface area contributed by atoms with Crippen molar-refractivity contribution in [2.24, 2.45) is 0 Å². The number of aliphatic hydroxyl groups is 1. The van der Waals surface area contributed by atoms with Crippen molar-refractivity contribution in [3.05, 3.63) is 59.5 Å². The number of halogens is 3. The second-order valence-electron chi connectivity index (χ2n) is 7.47. The van der Waals surface area contributed by atoms with Gasteiger partial charge in [0.1, 0.15) is 5.69 Å². The van der Waals surface area contributed by atoms with Crippen molar-refractivity contribution in [3.8, 4) is 0 Å². The van der Waals surface area contributed by atoms with Gasteiger partial charge in [-0.25, -0.2) is 17.4 Å². The first-order chi connectivity index (χ1) is 12.9. The molecule has 2 aromatic heterocycles.